The molecule has 1 amide bonds. The third-order valence-corrected chi connectivity index (χ3v) is 6.41. The van der Waals surface area contributed by atoms with Crippen LogP contribution in [0.5, 0.6) is 0 Å². The molecule has 7 heteroatoms. The Morgan fingerprint density at radius 3 is 2.48 bits per heavy atom. The molecule has 4 rings (SSSR count). The van der Waals surface area contributed by atoms with Gasteiger partial charge in [0.2, 0.25) is 5.91 Å². The molecule has 0 spiro atoms. The fourth-order valence-corrected chi connectivity index (χ4v) is 4.62. The number of carbonyl (C=O) groups is 1. The van der Waals surface area contributed by atoms with Crippen LogP contribution in [0.2, 0.25) is 5.02 Å². The average Bonchev–Trinajstić information content (AvgIpc) is 3.29. The third-order valence-electron chi connectivity index (χ3n) is 6.16. The van der Waals surface area contributed by atoms with E-state index in [1.165, 1.54) is 4.68 Å². The quantitative estimate of drug-likeness (QED) is 0.607. The van der Waals surface area contributed by atoms with Crippen LogP contribution < -0.4 is 10.9 Å². The van der Waals surface area contributed by atoms with Gasteiger partial charge in [-0.3, -0.25) is 9.59 Å². The second kappa shape index (κ2) is 9.20. The first-order valence-electron chi connectivity index (χ1n) is 10.6. The highest BCUT2D eigenvalue weighted by Gasteiger charge is 2.42. The molecule has 1 aliphatic rings. The van der Waals surface area contributed by atoms with E-state index in [1.54, 1.807) is 13.2 Å². The van der Waals surface area contributed by atoms with Gasteiger partial charge in [-0.25, -0.2) is 4.68 Å². The first-order chi connectivity index (χ1) is 15.0. The zero-order valence-electron chi connectivity index (χ0n) is 17.6. The minimum atomic E-state index is -0.551. The van der Waals surface area contributed by atoms with Gasteiger partial charge in [-0.2, -0.15) is 5.10 Å². The Kier molecular flexibility index (Phi) is 6.39. The minimum absolute atomic E-state index is 0.00662. The van der Waals surface area contributed by atoms with Crippen LogP contribution in [-0.4, -0.2) is 29.4 Å². The summed E-state index contributed by atoms with van der Waals surface area (Å²) in [6, 6.07) is 14.9. The maximum absolute atomic E-state index is 13.4. The number of fused-ring (bicyclic) bond motifs is 1. The topological polar surface area (TPSA) is 73.2 Å². The van der Waals surface area contributed by atoms with E-state index in [0.717, 1.165) is 36.6 Å². The van der Waals surface area contributed by atoms with Crippen LogP contribution >= 0.6 is 11.6 Å². The lowest BCUT2D eigenvalue weighted by atomic mass is 9.78. The molecule has 0 saturated heterocycles. The lowest BCUT2D eigenvalue weighted by molar-refractivity contribution is -0.126. The standard InChI is InChI=1S/C24H26ClN3O3/c1-31-15-14-28-22(29)20-7-3-2-6-19(20)21(27-28)16-26-23(30)24(12-4-5-13-24)17-8-10-18(25)11-9-17/h2-3,6-11H,4-5,12-16H2,1H3,(H,26,30). The first-order valence-corrected chi connectivity index (χ1v) is 10.9. The number of nitrogens with one attached hydrogen (secondary N) is 1. The van der Waals surface area contributed by atoms with Crippen molar-refractivity contribution in [2.75, 3.05) is 13.7 Å². The van der Waals surface area contributed by atoms with Crippen LogP contribution in [0.3, 0.4) is 0 Å². The van der Waals surface area contributed by atoms with Gasteiger partial charge in [0.1, 0.15) is 0 Å². The molecule has 1 heterocycles. The molecule has 0 atom stereocenters. The number of carbonyl (C=O) groups excluding carboxylic acids is 1. The molecule has 0 bridgehead atoms. The highest BCUT2D eigenvalue weighted by molar-refractivity contribution is 6.30. The van der Waals surface area contributed by atoms with E-state index < -0.39 is 5.41 Å². The molecule has 1 aromatic heterocycles. The monoisotopic (exact) mass is 439 g/mol. The summed E-state index contributed by atoms with van der Waals surface area (Å²) in [7, 11) is 1.59. The fourth-order valence-electron chi connectivity index (χ4n) is 4.49. The molecular formula is C24H26ClN3O3. The van der Waals surface area contributed by atoms with Crippen molar-refractivity contribution in [3.63, 3.8) is 0 Å². The highest BCUT2D eigenvalue weighted by atomic mass is 35.5. The van der Waals surface area contributed by atoms with Gasteiger partial charge in [-0.15, -0.1) is 0 Å². The van der Waals surface area contributed by atoms with E-state index in [1.807, 2.05) is 42.5 Å². The van der Waals surface area contributed by atoms with Gasteiger partial charge in [-0.05, 0) is 36.6 Å². The number of rotatable bonds is 7. The normalized spacial score (nSPS) is 15.3. The molecule has 31 heavy (non-hydrogen) atoms. The van der Waals surface area contributed by atoms with Gasteiger partial charge in [0.25, 0.3) is 5.56 Å². The van der Waals surface area contributed by atoms with Crippen molar-refractivity contribution in [2.24, 2.45) is 0 Å². The van der Waals surface area contributed by atoms with Gasteiger partial charge in [0.15, 0.2) is 0 Å². The molecule has 0 aliphatic heterocycles. The summed E-state index contributed by atoms with van der Waals surface area (Å²) < 4.78 is 6.52. The van der Waals surface area contributed by atoms with Crippen molar-refractivity contribution in [3.05, 3.63) is 75.2 Å². The summed E-state index contributed by atoms with van der Waals surface area (Å²) in [5.74, 6) is -0.00662. The Labute approximate surface area is 186 Å². The van der Waals surface area contributed by atoms with E-state index >= 15 is 0 Å². The average molecular weight is 440 g/mol. The molecule has 3 aromatic rings. The molecule has 6 nitrogen and oxygen atoms in total. The summed E-state index contributed by atoms with van der Waals surface area (Å²) in [4.78, 5) is 26.2. The summed E-state index contributed by atoms with van der Waals surface area (Å²) in [5.41, 5.74) is 0.958. The van der Waals surface area contributed by atoms with Gasteiger partial charge in [0, 0.05) is 17.5 Å². The minimum Gasteiger partial charge on any atom is -0.383 e. The molecule has 1 fully saturated rings. The van der Waals surface area contributed by atoms with Gasteiger partial charge >= 0.3 is 0 Å². The highest BCUT2D eigenvalue weighted by Crippen LogP contribution is 2.41. The maximum Gasteiger partial charge on any atom is 0.274 e. The molecule has 0 radical (unpaired) electrons. The third kappa shape index (κ3) is 4.23. The predicted octanol–water partition coefficient (Wildman–Crippen LogP) is 3.82. The van der Waals surface area contributed by atoms with Crippen molar-refractivity contribution >= 4 is 28.3 Å². The maximum atomic E-state index is 13.4. The van der Waals surface area contributed by atoms with E-state index in [-0.39, 0.29) is 18.0 Å². The molecule has 162 valence electrons. The Hall–Kier alpha value is -2.70. The Morgan fingerprint density at radius 2 is 1.81 bits per heavy atom. The van der Waals surface area contributed by atoms with Crippen molar-refractivity contribution in [2.45, 2.75) is 44.2 Å². The van der Waals surface area contributed by atoms with Crippen LogP contribution in [0.15, 0.2) is 53.3 Å². The van der Waals surface area contributed by atoms with Crippen LogP contribution in [0.4, 0.5) is 0 Å². The SMILES string of the molecule is COCCn1nc(CNC(=O)C2(c3ccc(Cl)cc3)CCCC2)c2ccccc2c1=O. The number of amides is 1. The van der Waals surface area contributed by atoms with Crippen LogP contribution in [0.1, 0.15) is 36.9 Å². The number of benzene rings is 2. The van der Waals surface area contributed by atoms with E-state index in [9.17, 15) is 9.59 Å². The lowest BCUT2D eigenvalue weighted by Crippen LogP contribution is -2.42. The number of methoxy groups -OCH3 is 1. The summed E-state index contributed by atoms with van der Waals surface area (Å²) in [5, 5.41) is 9.65. The van der Waals surface area contributed by atoms with Crippen LogP contribution in [0.25, 0.3) is 10.8 Å². The molecule has 1 saturated carbocycles. The summed E-state index contributed by atoms with van der Waals surface area (Å²) in [6.07, 6.45) is 3.64. The predicted molar refractivity (Wildman–Crippen MR) is 121 cm³/mol. The zero-order chi connectivity index (χ0) is 21.8. The molecule has 2 aromatic carbocycles. The van der Waals surface area contributed by atoms with Gasteiger partial charge < -0.3 is 10.1 Å². The summed E-state index contributed by atoms with van der Waals surface area (Å²) >= 11 is 6.06. The van der Waals surface area contributed by atoms with Crippen molar-refractivity contribution in [3.8, 4) is 0 Å². The number of aromatic nitrogens is 2. The first kappa shape index (κ1) is 21.5. The molecular weight excluding hydrogens is 414 g/mol. The van der Waals surface area contributed by atoms with Crippen molar-refractivity contribution in [1.82, 2.24) is 15.1 Å². The van der Waals surface area contributed by atoms with E-state index in [0.29, 0.717) is 29.3 Å². The van der Waals surface area contributed by atoms with Crippen molar-refractivity contribution < 1.29 is 9.53 Å². The number of nitrogens with zero attached hydrogens (tertiary/aromatic N) is 2. The van der Waals surface area contributed by atoms with Gasteiger partial charge in [0.05, 0.1) is 36.2 Å². The molecule has 1 aliphatic carbocycles. The Bertz CT molecular complexity index is 1140. The van der Waals surface area contributed by atoms with Crippen molar-refractivity contribution in [1.29, 1.82) is 0 Å². The van der Waals surface area contributed by atoms with Crippen LogP contribution in [-0.2, 0) is 28.0 Å². The van der Waals surface area contributed by atoms with E-state index in [2.05, 4.69) is 10.4 Å². The largest absolute Gasteiger partial charge is 0.383 e. The van der Waals surface area contributed by atoms with E-state index in [4.69, 9.17) is 16.3 Å². The zero-order valence-corrected chi connectivity index (χ0v) is 18.3. The lowest BCUT2D eigenvalue weighted by Gasteiger charge is -2.28. The second-order valence-electron chi connectivity index (χ2n) is 7.99. The smallest absolute Gasteiger partial charge is 0.274 e. The number of ether oxygens (including phenoxy) is 1. The van der Waals surface area contributed by atoms with Crippen LogP contribution in [0, 0.1) is 0 Å². The Balaban J connectivity index is 1.63. The van der Waals surface area contributed by atoms with Gasteiger partial charge in [-0.1, -0.05) is 54.8 Å². The Morgan fingerprint density at radius 1 is 1.13 bits per heavy atom. The summed E-state index contributed by atoms with van der Waals surface area (Å²) in [6.45, 7) is 0.995. The molecule has 0 unspecified atom stereocenters. The number of hydrogen-bond donors (Lipinski definition) is 1. The molecule has 1 N–H and O–H groups in total. The second-order valence-corrected chi connectivity index (χ2v) is 8.43. The number of halogens is 1. The fraction of sp³-hybridized carbons (Fsp3) is 0.375. The number of hydrogen-bond acceptors (Lipinski definition) is 4.